The molecule has 6 heteroatoms. The van der Waals surface area contributed by atoms with Crippen LogP contribution in [0.2, 0.25) is 0 Å². The van der Waals surface area contributed by atoms with Gasteiger partial charge >= 0.3 is 12.0 Å². The molecule has 2 atom stereocenters. The van der Waals surface area contributed by atoms with Crippen molar-refractivity contribution in [1.29, 1.82) is 0 Å². The van der Waals surface area contributed by atoms with Crippen LogP contribution in [0.15, 0.2) is 0 Å². The molecule has 1 saturated heterocycles. The molecule has 2 N–H and O–H groups in total. The van der Waals surface area contributed by atoms with Gasteiger partial charge in [-0.05, 0) is 26.2 Å². The Kier molecular flexibility index (Phi) is 5.17. The summed E-state index contributed by atoms with van der Waals surface area (Å²) in [7, 11) is 1.68. The highest BCUT2D eigenvalue weighted by molar-refractivity contribution is 5.79. The van der Waals surface area contributed by atoms with E-state index in [0.717, 1.165) is 0 Å². The second kappa shape index (κ2) is 6.23. The lowest BCUT2D eigenvalue weighted by molar-refractivity contribution is -0.148. The minimum atomic E-state index is -0.822. The largest absolute Gasteiger partial charge is 0.481 e. The Labute approximate surface area is 114 Å². The van der Waals surface area contributed by atoms with Crippen molar-refractivity contribution >= 4 is 12.0 Å². The molecule has 0 aliphatic carbocycles. The maximum atomic E-state index is 12.2. The molecule has 2 unspecified atom stereocenters. The number of carboxylic acid groups (broad SMARTS) is 1. The number of carbonyl (C=O) groups is 2. The molecule has 1 aliphatic heterocycles. The van der Waals surface area contributed by atoms with Crippen LogP contribution in [-0.4, -0.2) is 64.8 Å². The number of aliphatic hydroxyl groups is 1. The third-order valence-corrected chi connectivity index (χ3v) is 3.96. The first-order valence-corrected chi connectivity index (χ1v) is 6.74. The quantitative estimate of drug-likeness (QED) is 0.782. The lowest BCUT2D eigenvalue weighted by Gasteiger charge is -2.27. The Bertz CT molecular complexity index is 346. The number of likely N-dealkylation sites (tertiary alicyclic amines) is 1. The summed E-state index contributed by atoms with van der Waals surface area (Å²) < 4.78 is 0. The average Bonchev–Trinajstić information content (AvgIpc) is 2.80. The molecule has 0 radical (unpaired) electrons. The van der Waals surface area contributed by atoms with Crippen LogP contribution < -0.4 is 0 Å². The minimum absolute atomic E-state index is 0.155. The highest BCUT2D eigenvalue weighted by atomic mass is 16.4. The summed E-state index contributed by atoms with van der Waals surface area (Å²) in [5, 5.41) is 18.5. The number of aliphatic carboxylic acids is 1. The molecule has 110 valence electrons. The Morgan fingerprint density at radius 3 is 2.53 bits per heavy atom. The molecule has 0 aromatic heterocycles. The first kappa shape index (κ1) is 15.8. The van der Waals surface area contributed by atoms with E-state index < -0.39 is 17.5 Å². The summed E-state index contributed by atoms with van der Waals surface area (Å²) in [4.78, 5) is 26.6. The van der Waals surface area contributed by atoms with Gasteiger partial charge in [0.2, 0.25) is 0 Å². The van der Waals surface area contributed by atoms with Gasteiger partial charge in [0.05, 0.1) is 11.5 Å². The predicted molar refractivity (Wildman–Crippen MR) is 70.9 cm³/mol. The van der Waals surface area contributed by atoms with Crippen LogP contribution >= 0.6 is 0 Å². The smallest absolute Gasteiger partial charge is 0.319 e. The first-order chi connectivity index (χ1) is 8.82. The maximum Gasteiger partial charge on any atom is 0.319 e. The van der Waals surface area contributed by atoms with Gasteiger partial charge < -0.3 is 20.0 Å². The van der Waals surface area contributed by atoms with Gasteiger partial charge in [0.1, 0.15) is 0 Å². The Balaban J connectivity index is 2.58. The molecule has 1 fully saturated rings. The summed E-state index contributed by atoms with van der Waals surface area (Å²) in [5.41, 5.74) is -0.791. The fraction of sp³-hybridized carbons (Fsp3) is 0.846. The highest BCUT2D eigenvalue weighted by Crippen LogP contribution is 2.34. The molecule has 0 saturated carbocycles. The second-order valence-electron chi connectivity index (χ2n) is 5.45. The molecule has 2 amide bonds. The van der Waals surface area contributed by atoms with Gasteiger partial charge in [-0.3, -0.25) is 4.79 Å². The molecular formula is C13H24N2O4. The van der Waals surface area contributed by atoms with E-state index in [2.05, 4.69) is 0 Å². The van der Waals surface area contributed by atoms with Crippen molar-refractivity contribution in [3.8, 4) is 0 Å². The fourth-order valence-corrected chi connectivity index (χ4v) is 2.37. The Morgan fingerprint density at radius 1 is 1.47 bits per heavy atom. The molecule has 0 bridgehead atoms. The van der Waals surface area contributed by atoms with Crippen molar-refractivity contribution in [1.82, 2.24) is 9.80 Å². The second-order valence-corrected chi connectivity index (χ2v) is 5.45. The lowest BCUT2D eigenvalue weighted by Crippen LogP contribution is -2.43. The number of amides is 2. The zero-order valence-electron chi connectivity index (χ0n) is 11.9. The Morgan fingerprint density at radius 2 is 2.11 bits per heavy atom. The van der Waals surface area contributed by atoms with Gasteiger partial charge in [-0.25, -0.2) is 4.79 Å². The van der Waals surface area contributed by atoms with Crippen molar-refractivity contribution in [2.24, 2.45) is 5.41 Å². The van der Waals surface area contributed by atoms with E-state index >= 15 is 0 Å². The van der Waals surface area contributed by atoms with Crippen molar-refractivity contribution in [2.45, 2.75) is 39.2 Å². The van der Waals surface area contributed by atoms with E-state index in [4.69, 9.17) is 0 Å². The number of hydrogen-bond donors (Lipinski definition) is 2. The maximum absolute atomic E-state index is 12.2. The monoisotopic (exact) mass is 272 g/mol. The minimum Gasteiger partial charge on any atom is -0.481 e. The molecule has 0 spiro atoms. The van der Waals surface area contributed by atoms with E-state index in [0.29, 0.717) is 32.4 Å². The summed E-state index contributed by atoms with van der Waals surface area (Å²) in [5.74, 6) is -0.822. The summed E-state index contributed by atoms with van der Waals surface area (Å²) >= 11 is 0. The van der Waals surface area contributed by atoms with Gasteiger partial charge in [0.25, 0.3) is 0 Å². The van der Waals surface area contributed by atoms with Crippen LogP contribution in [0.1, 0.15) is 33.1 Å². The van der Waals surface area contributed by atoms with Crippen LogP contribution in [0.3, 0.4) is 0 Å². The zero-order chi connectivity index (χ0) is 14.6. The number of aliphatic hydroxyl groups excluding tert-OH is 1. The van der Waals surface area contributed by atoms with Gasteiger partial charge in [0, 0.05) is 26.7 Å². The molecule has 6 nitrogen and oxygen atoms in total. The van der Waals surface area contributed by atoms with Gasteiger partial charge in [-0.15, -0.1) is 0 Å². The SMILES string of the molecule is CCC1(C(=O)O)CCN(C(=O)N(C)CCC(C)O)C1. The fourth-order valence-electron chi connectivity index (χ4n) is 2.37. The van der Waals surface area contributed by atoms with E-state index in [-0.39, 0.29) is 12.6 Å². The van der Waals surface area contributed by atoms with Crippen molar-refractivity contribution in [3.05, 3.63) is 0 Å². The molecule has 0 aromatic rings. The van der Waals surface area contributed by atoms with E-state index in [1.807, 2.05) is 6.92 Å². The summed E-state index contributed by atoms with van der Waals surface area (Å²) in [6, 6.07) is -0.155. The van der Waals surface area contributed by atoms with Crippen LogP contribution in [0, 0.1) is 5.41 Å². The van der Waals surface area contributed by atoms with E-state index in [1.54, 1.807) is 23.8 Å². The number of carboxylic acids is 1. The average molecular weight is 272 g/mol. The van der Waals surface area contributed by atoms with Crippen LogP contribution in [-0.2, 0) is 4.79 Å². The summed E-state index contributed by atoms with van der Waals surface area (Å²) in [6.45, 7) is 4.76. The summed E-state index contributed by atoms with van der Waals surface area (Å²) in [6.07, 6.45) is 1.12. The topological polar surface area (TPSA) is 81.1 Å². The predicted octanol–water partition coefficient (Wildman–Crippen LogP) is 0.996. The third-order valence-electron chi connectivity index (χ3n) is 3.96. The van der Waals surface area contributed by atoms with Crippen LogP contribution in [0.5, 0.6) is 0 Å². The number of nitrogens with zero attached hydrogens (tertiary/aromatic N) is 2. The molecular weight excluding hydrogens is 248 g/mol. The van der Waals surface area contributed by atoms with Crippen LogP contribution in [0.25, 0.3) is 0 Å². The van der Waals surface area contributed by atoms with Gasteiger partial charge in [-0.1, -0.05) is 6.92 Å². The molecule has 19 heavy (non-hydrogen) atoms. The molecule has 1 aliphatic rings. The molecule has 1 rings (SSSR count). The first-order valence-electron chi connectivity index (χ1n) is 6.74. The zero-order valence-corrected chi connectivity index (χ0v) is 11.9. The Hall–Kier alpha value is -1.30. The third kappa shape index (κ3) is 3.59. The van der Waals surface area contributed by atoms with Crippen molar-refractivity contribution in [2.75, 3.05) is 26.7 Å². The standard InChI is InChI=1S/C13H24N2O4/c1-4-13(11(17)18)6-8-15(9-13)12(19)14(3)7-5-10(2)16/h10,16H,4-9H2,1-3H3,(H,17,18). The van der Waals surface area contributed by atoms with Crippen molar-refractivity contribution in [3.63, 3.8) is 0 Å². The number of urea groups is 1. The van der Waals surface area contributed by atoms with Crippen molar-refractivity contribution < 1.29 is 19.8 Å². The number of carbonyl (C=O) groups excluding carboxylic acids is 1. The molecule has 0 aromatic carbocycles. The van der Waals surface area contributed by atoms with Gasteiger partial charge in [-0.2, -0.15) is 0 Å². The number of rotatable bonds is 5. The highest BCUT2D eigenvalue weighted by Gasteiger charge is 2.45. The van der Waals surface area contributed by atoms with Gasteiger partial charge in [0.15, 0.2) is 0 Å². The van der Waals surface area contributed by atoms with E-state index in [1.165, 1.54) is 0 Å². The van der Waals surface area contributed by atoms with E-state index in [9.17, 15) is 19.8 Å². The number of hydrogen-bond acceptors (Lipinski definition) is 3. The van der Waals surface area contributed by atoms with Crippen LogP contribution in [0.4, 0.5) is 4.79 Å². The molecule has 1 heterocycles. The normalized spacial score (nSPS) is 24.3. The lowest BCUT2D eigenvalue weighted by atomic mass is 9.84.